The fourth-order valence-electron chi connectivity index (χ4n) is 1.93. The van der Waals surface area contributed by atoms with Gasteiger partial charge in [0.2, 0.25) is 0 Å². The van der Waals surface area contributed by atoms with Crippen LogP contribution in [0.1, 0.15) is 34.9 Å². The Morgan fingerprint density at radius 3 is 2.87 bits per heavy atom. The molecule has 15 heavy (non-hydrogen) atoms. The van der Waals surface area contributed by atoms with Gasteiger partial charge in [-0.25, -0.2) is 0 Å². The van der Waals surface area contributed by atoms with Crippen LogP contribution in [0.15, 0.2) is 12.1 Å². The van der Waals surface area contributed by atoms with Gasteiger partial charge in [0.15, 0.2) is 5.78 Å². The van der Waals surface area contributed by atoms with E-state index in [0.717, 1.165) is 0 Å². The van der Waals surface area contributed by atoms with E-state index >= 15 is 0 Å². The van der Waals surface area contributed by atoms with Crippen LogP contribution in [0.25, 0.3) is 0 Å². The number of phenols is 1. The van der Waals surface area contributed by atoms with Gasteiger partial charge in [-0.3, -0.25) is 4.79 Å². The Balaban J connectivity index is 2.68. The number of aliphatic hydroxyl groups is 1. The number of fused-ring (bicyclic) bond motifs is 1. The number of hydrogen-bond donors (Lipinski definition) is 2. The molecule has 1 aliphatic carbocycles. The lowest BCUT2D eigenvalue weighted by molar-refractivity contribution is 0.0887. The van der Waals surface area contributed by atoms with Crippen molar-refractivity contribution >= 4 is 5.78 Å². The largest absolute Gasteiger partial charge is 0.507 e. The Morgan fingerprint density at radius 1 is 1.47 bits per heavy atom. The van der Waals surface area contributed by atoms with Crippen LogP contribution in [-0.2, 0) is 0 Å². The molecule has 0 heterocycles. The zero-order chi connectivity index (χ0) is 11.0. The summed E-state index contributed by atoms with van der Waals surface area (Å²) in [7, 11) is 1.47. The van der Waals surface area contributed by atoms with Gasteiger partial charge in [-0.2, -0.15) is 0 Å². The van der Waals surface area contributed by atoms with Gasteiger partial charge >= 0.3 is 0 Å². The lowest BCUT2D eigenvalue weighted by Crippen LogP contribution is -2.16. The Morgan fingerprint density at radius 2 is 2.20 bits per heavy atom. The summed E-state index contributed by atoms with van der Waals surface area (Å²) in [5, 5.41) is 19.3. The van der Waals surface area contributed by atoms with E-state index in [1.165, 1.54) is 13.2 Å². The molecular weight excluding hydrogens is 196 g/mol. The van der Waals surface area contributed by atoms with Crippen molar-refractivity contribution in [1.29, 1.82) is 0 Å². The molecule has 80 valence electrons. The van der Waals surface area contributed by atoms with Crippen LogP contribution in [0.4, 0.5) is 0 Å². The van der Waals surface area contributed by atoms with Gasteiger partial charge in [0.25, 0.3) is 0 Å². The summed E-state index contributed by atoms with van der Waals surface area (Å²) in [4.78, 5) is 11.6. The number of carbonyl (C=O) groups is 1. The van der Waals surface area contributed by atoms with Gasteiger partial charge in [-0.1, -0.05) is 0 Å². The number of carbonyl (C=O) groups excluding carboxylic acids is 1. The molecule has 0 radical (unpaired) electrons. The highest BCUT2D eigenvalue weighted by Crippen LogP contribution is 2.40. The Kier molecular flexibility index (Phi) is 2.36. The van der Waals surface area contributed by atoms with Gasteiger partial charge in [0.05, 0.1) is 18.8 Å². The molecule has 0 saturated heterocycles. The minimum atomic E-state index is -0.736. The quantitative estimate of drug-likeness (QED) is 0.732. The number of phenolic OH excluding ortho intramolecular Hbond substituents is 1. The van der Waals surface area contributed by atoms with Gasteiger partial charge in [0, 0.05) is 12.0 Å². The Labute approximate surface area is 87.1 Å². The van der Waals surface area contributed by atoms with E-state index in [4.69, 9.17) is 4.74 Å². The Hall–Kier alpha value is -1.55. The molecule has 4 nitrogen and oxygen atoms in total. The van der Waals surface area contributed by atoms with Crippen LogP contribution in [0.3, 0.4) is 0 Å². The summed E-state index contributed by atoms with van der Waals surface area (Å²) in [6.07, 6.45) is -0.0969. The highest BCUT2D eigenvalue weighted by atomic mass is 16.5. The fourth-order valence-corrected chi connectivity index (χ4v) is 1.93. The molecule has 2 N–H and O–H groups in total. The summed E-state index contributed by atoms with van der Waals surface area (Å²) in [6.45, 7) is 0. The second-order valence-corrected chi connectivity index (χ2v) is 3.55. The van der Waals surface area contributed by atoms with E-state index in [2.05, 4.69) is 0 Å². The normalized spacial score (nSPS) is 19.9. The molecule has 1 aromatic rings. The number of hydrogen-bond acceptors (Lipinski definition) is 4. The third-order valence-corrected chi connectivity index (χ3v) is 2.66. The van der Waals surface area contributed by atoms with Gasteiger partial charge < -0.3 is 14.9 Å². The first-order chi connectivity index (χ1) is 7.15. The van der Waals surface area contributed by atoms with Crippen LogP contribution in [0.5, 0.6) is 11.5 Å². The van der Waals surface area contributed by atoms with E-state index in [9.17, 15) is 15.0 Å². The second-order valence-electron chi connectivity index (χ2n) is 3.55. The van der Waals surface area contributed by atoms with E-state index in [-0.39, 0.29) is 23.5 Å². The van der Waals surface area contributed by atoms with E-state index in [0.29, 0.717) is 17.7 Å². The predicted molar refractivity (Wildman–Crippen MR) is 53.2 cm³/mol. The zero-order valence-electron chi connectivity index (χ0n) is 8.36. The third kappa shape index (κ3) is 1.47. The van der Waals surface area contributed by atoms with Crippen LogP contribution < -0.4 is 4.74 Å². The summed E-state index contributed by atoms with van der Waals surface area (Å²) < 4.78 is 5.06. The average Bonchev–Trinajstić information content (AvgIpc) is 2.23. The van der Waals surface area contributed by atoms with E-state index in [1.54, 1.807) is 6.07 Å². The first-order valence-electron chi connectivity index (χ1n) is 4.76. The summed E-state index contributed by atoms with van der Waals surface area (Å²) in [5.41, 5.74) is 0.613. The number of ether oxygens (including phenoxy) is 1. The average molecular weight is 208 g/mol. The molecule has 0 spiro atoms. The molecule has 4 heteroatoms. The number of benzene rings is 1. The van der Waals surface area contributed by atoms with Crippen LogP contribution in [-0.4, -0.2) is 23.1 Å². The van der Waals surface area contributed by atoms with Crippen molar-refractivity contribution < 1.29 is 19.7 Å². The van der Waals surface area contributed by atoms with Crippen molar-refractivity contribution in [3.63, 3.8) is 0 Å². The fraction of sp³-hybridized carbons (Fsp3) is 0.364. The minimum absolute atomic E-state index is 0.0884. The first-order valence-corrected chi connectivity index (χ1v) is 4.76. The van der Waals surface area contributed by atoms with Crippen molar-refractivity contribution in [1.82, 2.24) is 0 Å². The standard InChI is InChI=1S/C11H12O4/c1-15-9-5-4-7(13)10-6(12)2-3-8(14)11(9)10/h4-5,8,13-14H,2-3H2,1H3/t8-/m0/s1. The number of ketones is 1. The summed E-state index contributed by atoms with van der Waals surface area (Å²) >= 11 is 0. The van der Waals surface area contributed by atoms with E-state index < -0.39 is 6.10 Å². The number of methoxy groups -OCH3 is 1. The number of Topliss-reactive ketones (excluding diaryl/α,β-unsaturated/α-hetero) is 1. The molecule has 0 aromatic heterocycles. The predicted octanol–water partition coefficient (Wildman–Crippen LogP) is 1.41. The SMILES string of the molecule is COc1ccc(O)c2c1[C@@H](O)CCC2=O. The molecule has 0 amide bonds. The number of aliphatic hydroxyl groups excluding tert-OH is 1. The maximum absolute atomic E-state index is 11.6. The molecule has 0 saturated carbocycles. The van der Waals surface area contributed by atoms with Crippen molar-refractivity contribution in [2.75, 3.05) is 7.11 Å². The topological polar surface area (TPSA) is 66.8 Å². The van der Waals surface area contributed by atoms with Crippen molar-refractivity contribution in [3.8, 4) is 11.5 Å². The maximum atomic E-state index is 11.6. The molecule has 0 fully saturated rings. The van der Waals surface area contributed by atoms with Crippen LogP contribution in [0.2, 0.25) is 0 Å². The van der Waals surface area contributed by atoms with Gasteiger partial charge in [-0.15, -0.1) is 0 Å². The maximum Gasteiger partial charge on any atom is 0.167 e. The van der Waals surface area contributed by atoms with Crippen LogP contribution >= 0.6 is 0 Å². The highest BCUT2D eigenvalue weighted by molar-refractivity contribution is 6.01. The summed E-state index contributed by atoms with van der Waals surface area (Å²) in [6, 6.07) is 2.96. The highest BCUT2D eigenvalue weighted by Gasteiger charge is 2.29. The molecule has 0 unspecified atom stereocenters. The lowest BCUT2D eigenvalue weighted by atomic mass is 9.87. The molecule has 0 bridgehead atoms. The summed E-state index contributed by atoms with van der Waals surface area (Å²) in [5.74, 6) is 0.213. The van der Waals surface area contributed by atoms with Gasteiger partial charge in [-0.05, 0) is 18.6 Å². The smallest absolute Gasteiger partial charge is 0.167 e. The second kappa shape index (κ2) is 3.55. The molecular formula is C11H12O4. The molecule has 2 rings (SSSR count). The molecule has 0 aliphatic heterocycles. The third-order valence-electron chi connectivity index (χ3n) is 2.66. The number of rotatable bonds is 1. The Bertz CT molecular complexity index is 411. The van der Waals surface area contributed by atoms with Gasteiger partial charge in [0.1, 0.15) is 11.5 Å². The molecule has 1 atom stereocenters. The first kappa shape index (κ1) is 9.98. The number of aromatic hydroxyl groups is 1. The molecule has 1 aromatic carbocycles. The van der Waals surface area contributed by atoms with Crippen molar-refractivity contribution in [2.45, 2.75) is 18.9 Å². The van der Waals surface area contributed by atoms with Crippen molar-refractivity contribution in [2.24, 2.45) is 0 Å². The van der Waals surface area contributed by atoms with Crippen molar-refractivity contribution in [3.05, 3.63) is 23.3 Å². The monoisotopic (exact) mass is 208 g/mol. The van der Waals surface area contributed by atoms with Crippen LogP contribution in [0, 0.1) is 0 Å². The minimum Gasteiger partial charge on any atom is -0.507 e. The molecule has 1 aliphatic rings. The van der Waals surface area contributed by atoms with E-state index in [1.807, 2.05) is 0 Å². The lowest BCUT2D eigenvalue weighted by Gasteiger charge is -2.23. The zero-order valence-corrected chi connectivity index (χ0v) is 8.36.